The molecule has 0 fully saturated rings. The molecule has 0 saturated heterocycles. The number of hydrogen-bond donors (Lipinski definition) is 1. The van der Waals surface area contributed by atoms with E-state index in [0.29, 0.717) is 23.5 Å². The average molecular weight is 316 g/mol. The molecule has 1 N–H and O–H groups in total. The van der Waals surface area contributed by atoms with Crippen molar-refractivity contribution in [2.45, 2.75) is 33.6 Å². The fourth-order valence-corrected chi connectivity index (χ4v) is 2.45. The van der Waals surface area contributed by atoms with E-state index in [2.05, 4.69) is 6.58 Å². The monoisotopic (exact) mass is 316 g/mol. The maximum atomic E-state index is 12.2. The van der Waals surface area contributed by atoms with E-state index in [1.807, 2.05) is 32.9 Å². The second kappa shape index (κ2) is 6.69. The van der Waals surface area contributed by atoms with E-state index < -0.39 is 11.6 Å². The maximum absolute atomic E-state index is 12.2. The number of benzene rings is 1. The average Bonchev–Trinajstić information content (AvgIpc) is 2.46. The van der Waals surface area contributed by atoms with Gasteiger partial charge in [0.2, 0.25) is 0 Å². The molecule has 1 heterocycles. The maximum Gasteiger partial charge on any atom is 0.339 e. The van der Waals surface area contributed by atoms with Crippen molar-refractivity contribution < 1.29 is 19.1 Å². The Hall–Kier alpha value is -2.56. The normalized spacial score (nSPS) is 10.7. The van der Waals surface area contributed by atoms with Gasteiger partial charge in [0, 0.05) is 22.9 Å². The summed E-state index contributed by atoms with van der Waals surface area (Å²) in [5, 5.41) is 9.59. The van der Waals surface area contributed by atoms with E-state index in [-0.39, 0.29) is 12.8 Å². The molecule has 0 aliphatic heterocycles. The molecule has 0 unspecified atom stereocenters. The first-order valence-corrected chi connectivity index (χ1v) is 7.36. The van der Waals surface area contributed by atoms with Crippen LogP contribution in [0.15, 0.2) is 33.5 Å². The Kier molecular flexibility index (Phi) is 4.89. The van der Waals surface area contributed by atoms with Gasteiger partial charge >= 0.3 is 11.6 Å². The zero-order valence-corrected chi connectivity index (χ0v) is 13.6. The molecule has 23 heavy (non-hydrogen) atoms. The minimum atomic E-state index is -0.941. The van der Waals surface area contributed by atoms with Crippen LogP contribution in [0.5, 0.6) is 5.75 Å². The van der Waals surface area contributed by atoms with Gasteiger partial charge in [-0.25, -0.2) is 4.79 Å². The molecule has 5 heteroatoms. The highest BCUT2D eigenvalue weighted by Crippen LogP contribution is 2.29. The number of carboxylic acid groups (broad SMARTS) is 1. The molecule has 1 aromatic heterocycles. The summed E-state index contributed by atoms with van der Waals surface area (Å²) in [5.41, 5.74) is 2.80. The van der Waals surface area contributed by atoms with E-state index in [1.54, 1.807) is 0 Å². The van der Waals surface area contributed by atoms with Gasteiger partial charge < -0.3 is 14.3 Å². The molecule has 0 spiro atoms. The van der Waals surface area contributed by atoms with E-state index in [4.69, 9.17) is 14.3 Å². The molecule has 5 nitrogen and oxygen atoms in total. The Morgan fingerprint density at radius 3 is 2.61 bits per heavy atom. The summed E-state index contributed by atoms with van der Waals surface area (Å²) in [7, 11) is 0. The number of rotatable bonds is 6. The molecule has 122 valence electrons. The molecule has 0 amide bonds. The van der Waals surface area contributed by atoms with Gasteiger partial charge in [-0.05, 0) is 50.5 Å². The third-order valence-electron chi connectivity index (χ3n) is 3.72. The van der Waals surface area contributed by atoms with Gasteiger partial charge in [-0.2, -0.15) is 0 Å². The van der Waals surface area contributed by atoms with E-state index in [0.717, 1.165) is 22.1 Å². The predicted octanol–water partition coefficient (Wildman–Crippen LogP) is 3.38. The van der Waals surface area contributed by atoms with Gasteiger partial charge in [0.05, 0.1) is 0 Å². The number of aryl methyl sites for hydroxylation is 2. The summed E-state index contributed by atoms with van der Waals surface area (Å²) in [6, 6.07) is 3.66. The Balaban J connectivity index is 2.51. The van der Waals surface area contributed by atoms with Crippen LogP contribution in [0.3, 0.4) is 0 Å². The summed E-state index contributed by atoms with van der Waals surface area (Å²) in [6.07, 6.45) is 0.0578. The predicted molar refractivity (Wildman–Crippen MR) is 88.2 cm³/mol. The minimum Gasteiger partial charge on any atom is -0.489 e. The van der Waals surface area contributed by atoms with Crippen LogP contribution in [-0.4, -0.2) is 17.7 Å². The number of fused-ring (bicyclic) bond motifs is 1. The third kappa shape index (κ3) is 3.62. The molecule has 0 aliphatic carbocycles. The van der Waals surface area contributed by atoms with Crippen molar-refractivity contribution in [3.05, 3.63) is 51.4 Å². The third-order valence-corrected chi connectivity index (χ3v) is 3.72. The zero-order valence-electron chi connectivity index (χ0n) is 13.6. The second-order valence-corrected chi connectivity index (χ2v) is 5.70. The van der Waals surface area contributed by atoms with Crippen LogP contribution in [0.25, 0.3) is 11.0 Å². The highest BCUT2D eigenvalue weighted by atomic mass is 16.5. The van der Waals surface area contributed by atoms with Gasteiger partial charge in [0.1, 0.15) is 17.9 Å². The van der Waals surface area contributed by atoms with Crippen molar-refractivity contribution in [1.29, 1.82) is 0 Å². The van der Waals surface area contributed by atoms with Gasteiger partial charge in [-0.3, -0.25) is 4.79 Å². The summed E-state index contributed by atoms with van der Waals surface area (Å²) in [4.78, 5) is 22.9. The summed E-state index contributed by atoms with van der Waals surface area (Å²) in [6.45, 7) is 9.69. The lowest BCUT2D eigenvalue weighted by molar-refractivity contribution is -0.136. The van der Waals surface area contributed by atoms with Crippen LogP contribution in [0.4, 0.5) is 0 Å². The Morgan fingerprint density at radius 1 is 1.30 bits per heavy atom. The van der Waals surface area contributed by atoms with E-state index in [9.17, 15) is 9.59 Å². The van der Waals surface area contributed by atoms with Gasteiger partial charge in [0.15, 0.2) is 0 Å². The van der Waals surface area contributed by atoms with Gasteiger partial charge in [-0.1, -0.05) is 6.58 Å². The lowest BCUT2D eigenvalue weighted by atomic mass is 10.0. The molecule has 0 atom stereocenters. The number of hydrogen-bond acceptors (Lipinski definition) is 4. The van der Waals surface area contributed by atoms with Crippen LogP contribution in [0, 0.1) is 13.8 Å². The summed E-state index contributed by atoms with van der Waals surface area (Å²) in [5.74, 6) is -0.301. The first-order chi connectivity index (χ1) is 10.8. The second-order valence-electron chi connectivity index (χ2n) is 5.70. The van der Waals surface area contributed by atoms with Gasteiger partial charge in [-0.15, -0.1) is 0 Å². The molecule has 0 aliphatic rings. The fraction of sp³-hybridized carbons (Fsp3) is 0.333. The van der Waals surface area contributed by atoms with Crippen molar-refractivity contribution in [2.75, 3.05) is 6.61 Å². The van der Waals surface area contributed by atoms with Crippen LogP contribution < -0.4 is 10.4 Å². The Bertz CT molecular complexity index is 829. The topological polar surface area (TPSA) is 76.7 Å². The summed E-state index contributed by atoms with van der Waals surface area (Å²) >= 11 is 0. The standard InChI is InChI=1S/C18H20O5/c1-10(2)9-22-15-7-5-13-11(3)14(6-8-16(19)20)18(21)23-17(13)12(15)4/h5,7H,1,6,8-9H2,2-4H3,(H,19,20). The van der Waals surface area contributed by atoms with Gasteiger partial charge in [0.25, 0.3) is 0 Å². The van der Waals surface area contributed by atoms with Crippen molar-refractivity contribution in [2.24, 2.45) is 0 Å². The smallest absolute Gasteiger partial charge is 0.339 e. The van der Waals surface area contributed by atoms with Crippen molar-refractivity contribution >= 4 is 16.9 Å². The quantitative estimate of drug-likeness (QED) is 0.653. The Morgan fingerprint density at radius 2 is 2.00 bits per heavy atom. The minimum absolute atomic E-state index is 0.101. The molecule has 0 bridgehead atoms. The number of carbonyl (C=O) groups is 1. The van der Waals surface area contributed by atoms with Crippen LogP contribution in [0.1, 0.15) is 30.0 Å². The first-order valence-electron chi connectivity index (χ1n) is 7.36. The zero-order chi connectivity index (χ0) is 17.1. The van der Waals surface area contributed by atoms with Crippen LogP contribution in [-0.2, 0) is 11.2 Å². The van der Waals surface area contributed by atoms with Crippen molar-refractivity contribution in [1.82, 2.24) is 0 Å². The highest BCUT2D eigenvalue weighted by molar-refractivity contribution is 5.85. The molecular weight excluding hydrogens is 296 g/mol. The largest absolute Gasteiger partial charge is 0.489 e. The summed E-state index contributed by atoms with van der Waals surface area (Å²) < 4.78 is 11.1. The molecule has 2 aromatic rings. The number of aliphatic carboxylic acids is 1. The molecular formula is C18H20O5. The van der Waals surface area contributed by atoms with Crippen LogP contribution >= 0.6 is 0 Å². The molecule has 0 saturated carbocycles. The van der Waals surface area contributed by atoms with Crippen molar-refractivity contribution in [3.8, 4) is 5.75 Å². The fourth-order valence-electron chi connectivity index (χ4n) is 2.45. The van der Waals surface area contributed by atoms with Crippen LogP contribution in [0.2, 0.25) is 0 Å². The highest BCUT2D eigenvalue weighted by Gasteiger charge is 2.16. The molecule has 1 aromatic carbocycles. The Labute approximate surface area is 134 Å². The molecule has 2 rings (SSSR count). The number of ether oxygens (including phenoxy) is 1. The molecule has 0 radical (unpaired) electrons. The van der Waals surface area contributed by atoms with E-state index in [1.165, 1.54) is 0 Å². The lowest BCUT2D eigenvalue weighted by Gasteiger charge is -2.13. The SMILES string of the molecule is C=C(C)COc1ccc2c(C)c(CCC(=O)O)c(=O)oc2c1C. The number of carboxylic acids is 1. The first kappa shape index (κ1) is 16.8. The van der Waals surface area contributed by atoms with Crippen molar-refractivity contribution in [3.63, 3.8) is 0 Å². The lowest BCUT2D eigenvalue weighted by Crippen LogP contribution is -2.13. The van der Waals surface area contributed by atoms with E-state index >= 15 is 0 Å².